The van der Waals surface area contributed by atoms with Crippen LogP contribution < -0.4 is 10.0 Å². The van der Waals surface area contributed by atoms with Gasteiger partial charge < -0.3 is 10.1 Å². The van der Waals surface area contributed by atoms with Crippen LogP contribution in [0.2, 0.25) is 0 Å². The van der Waals surface area contributed by atoms with Crippen LogP contribution in [0.4, 0.5) is 0 Å². The quantitative estimate of drug-likeness (QED) is 0.659. The van der Waals surface area contributed by atoms with Crippen LogP contribution in [0, 0.1) is 11.8 Å². The van der Waals surface area contributed by atoms with Crippen molar-refractivity contribution in [1.29, 1.82) is 0 Å². The predicted octanol–water partition coefficient (Wildman–Crippen LogP) is 0.813. The molecule has 6 nitrogen and oxygen atoms in total. The van der Waals surface area contributed by atoms with Crippen molar-refractivity contribution in [3.05, 3.63) is 0 Å². The van der Waals surface area contributed by atoms with Crippen molar-refractivity contribution in [1.82, 2.24) is 14.3 Å². The minimum absolute atomic E-state index is 0.174. The van der Waals surface area contributed by atoms with Crippen molar-refractivity contribution in [3.63, 3.8) is 0 Å². The zero-order valence-corrected chi connectivity index (χ0v) is 14.6. The molecular formula is C14H31N3O3S. The van der Waals surface area contributed by atoms with Gasteiger partial charge in [-0.2, -0.15) is 12.7 Å². The van der Waals surface area contributed by atoms with Gasteiger partial charge in [-0.05, 0) is 31.2 Å². The first kappa shape index (κ1) is 18.8. The largest absolute Gasteiger partial charge is 0.384 e. The van der Waals surface area contributed by atoms with E-state index in [0.29, 0.717) is 38.2 Å². The summed E-state index contributed by atoms with van der Waals surface area (Å²) in [5, 5.41) is 3.40. The lowest BCUT2D eigenvalue weighted by molar-refractivity contribution is 0.160. The van der Waals surface area contributed by atoms with Crippen molar-refractivity contribution in [3.8, 4) is 0 Å². The fourth-order valence-corrected chi connectivity index (χ4v) is 3.95. The summed E-state index contributed by atoms with van der Waals surface area (Å²) >= 11 is 0. The predicted molar refractivity (Wildman–Crippen MR) is 85.4 cm³/mol. The molecule has 0 saturated carbocycles. The maximum atomic E-state index is 12.3. The lowest BCUT2D eigenvalue weighted by Gasteiger charge is -2.32. The summed E-state index contributed by atoms with van der Waals surface area (Å²) in [5.41, 5.74) is 0. The van der Waals surface area contributed by atoms with E-state index in [9.17, 15) is 8.42 Å². The van der Waals surface area contributed by atoms with E-state index in [4.69, 9.17) is 4.74 Å². The molecule has 1 saturated heterocycles. The summed E-state index contributed by atoms with van der Waals surface area (Å²) < 4.78 is 34.0. The van der Waals surface area contributed by atoms with Gasteiger partial charge in [0.05, 0.1) is 0 Å². The molecule has 0 amide bonds. The second kappa shape index (κ2) is 9.05. The molecule has 1 rings (SSSR count). The number of ether oxygens (including phenoxy) is 1. The standard InChI is InChI=1S/C14H31N3O3S/c1-12(2)15-9-14-6-5-7-17(10-14)21(18,19)16-8-13(3)11-20-4/h12-16H,5-11H2,1-4H3. The van der Waals surface area contributed by atoms with E-state index in [1.807, 2.05) is 6.92 Å². The molecule has 1 aliphatic heterocycles. The lowest BCUT2D eigenvalue weighted by atomic mass is 9.99. The Kier molecular flexibility index (Phi) is 8.12. The van der Waals surface area contributed by atoms with Crippen molar-refractivity contribution < 1.29 is 13.2 Å². The van der Waals surface area contributed by atoms with E-state index in [-0.39, 0.29) is 5.92 Å². The smallest absolute Gasteiger partial charge is 0.279 e. The lowest BCUT2D eigenvalue weighted by Crippen LogP contribution is -2.48. The molecule has 0 spiro atoms. The van der Waals surface area contributed by atoms with Gasteiger partial charge >= 0.3 is 0 Å². The first-order chi connectivity index (χ1) is 9.85. The average molecular weight is 321 g/mol. The van der Waals surface area contributed by atoms with E-state index in [1.54, 1.807) is 11.4 Å². The Morgan fingerprint density at radius 3 is 2.67 bits per heavy atom. The molecular weight excluding hydrogens is 290 g/mol. The summed E-state index contributed by atoms with van der Waals surface area (Å²) in [6.45, 7) is 9.26. The monoisotopic (exact) mass is 321 g/mol. The SMILES string of the molecule is COCC(C)CNS(=O)(=O)N1CCCC(CNC(C)C)C1. The Labute approximate surface area is 129 Å². The molecule has 21 heavy (non-hydrogen) atoms. The third-order valence-electron chi connectivity index (χ3n) is 3.70. The summed E-state index contributed by atoms with van der Waals surface area (Å²) in [6, 6.07) is 0.435. The highest BCUT2D eigenvalue weighted by molar-refractivity contribution is 7.87. The molecule has 7 heteroatoms. The van der Waals surface area contributed by atoms with Crippen LogP contribution >= 0.6 is 0 Å². The average Bonchev–Trinajstić information content (AvgIpc) is 2.44. The maximum absolute atomic E-state index is 12.3. The molecule has 126 valence electrons. The van der Waals surface area contributed by atoms with Crippen molar-refractivity contribution in [2.24, 2.45) is 11.8 Å². The Balaban J connectivity index is 2.46. The van der Waals surface area contributed by atoms with E-state index in [0.717, 1.165) is 19.4 Å². The fourth-order valence-electron chi connectivity index (χ4n) is 2.50. The van der Waals surface area contributed by atoms with Gasteiger partial charge in [0, 0.05) is 39.4 Å². The minimum Gasteiger partial charge on any atom is -0.384 e. The van der Waals surface area contributed by atoms with Gasteiger partial charge in [-0.25, -0.2) is 4.72 Å². The third-order valence-corrected chi connectivity index (χ3v) is 5.24. The first-order valence-corrected chi connectivity index (χ1v) is 9.26. The van der Waals surface area contributed by atoms with Crippen LogP contribution in [0.3, 0.4) is 0 Å². The molecule has 0 aliphatic carbocycles. The zero-order chi connectivity index (χ0) is 15.9. The Morgan fingerprint density at radius 2 is 2.05 bits per heavy atom. The van der Waals surface area contributed by atoms with Crippen molar-refractivity contribution in [2.45, 2.75) is 39.7 Å². The normalized spacial score (nSPS) is 22.6. The molecule has 0 bridgehead atoms. The summed E-state index contributed by atoms with van der Waals surface area (Å²) in [4.78, 5) is 0. The molecule has 1 heterocycles. The van der Waals surface area contributed by atoms with E-state index in [2.05, 4.69) is 23.9 Å². The van der Waals surface area contributed by atoms with Crippen LogP contribution in [-0.4, -0.2) is 58.7 Å². The van der Waals surface area contributed by atoms with Gasteiger partial charge in [0.15, 0.2) is 0 Å². The highest BCUT2D eigenvalue weighted by Crippen LogP contribution is 2.18. The molecule has 2 N–H and O–H groups in total. The minimum atomic E-state index is -3.37. The van der Waals surface area contributed by atoms with E-state index < -0.39 is 10.2 Å². The number of hydrogen-bond donors (Lipinski definition) is 2. The topological polar surface area (TPSA) is 70.7 Å². The molecule has 0 radical (unpaired) electrons. The maximum Gasteiger partial charge on any atom is 0.279 e. The van der Waals surface area contributed by atoms with Gasteiger partial charge in [0.1, 0.15) is 0 Å². The number of nitrogens with zero attached hydrogens (tertiary/aromatic N) is 1. The molecule has 0 aromatic rings. The highest BCUT2D eigenvalue weighted by atomic mass is 32.2. The molecule has 2 atom stereocenters. The van der Waals surface area contributed by atoms with Crippen LogP contribution in [0.15, 0.2) is 0 Å². The molecule has 2 unspecified atom stereocenters. The van der Waals surface area contributed by atoms with Gasteiger partial charge in [-0.1, -0.05) is 20.8 Å². The van der Waals surface area contributed by atoms with Gasteiger partial charge in [-0.3, -0.25) is 0 Å². The number of methoxy groups -OCH3 is 1. The van der Waals surface area contributed by atoms with Gasteiger partial charge in [-0.15, -0.1) is 0 Å². The number of piperidine rings is 1. The number of hydrogen-bond acceptors (Lipinski definition) is 4. The highest BCUT2D eigenvalue weighted by Gasteiger charge is 2.28. The zero-order valence-electron chi connectivity index (χ0n) is 13.8. The van der Waals surface area contributed by atoms with Gasteiger partial charge in [0.25, 0.3) is 10.2 Å². The second-order valence-corrected chi connectivity index (χ2v) is 8.10. The summed E-state index contributed by atoms with van der Waals surface area (Å²) in [5.74, 6) is 0.571. The number of rotatable bonds is 9. The van der Waals surface area contributed by atoms with Crippen molar-refractivity contribution in [2.75, 3.05) is 39.9 Å². The molecule has 0 aromatic heterocycles. The van der Waals surface area contributed by atoms with Crippen LogP contribution in [0.25, 0.3) is 0 Å². The Hall–Kier alpha value is -0.210. The summed E-state index contributed by atoms with van der Waals surface area (Å²) in [6.07, 6.45) is 2.02. The fraction of sp³-hybridized carbons (Fsp3) is 1.00. The third kappa shape index (κ3) is 7.06. The number of nitrogens with one attached hydrogen (secondary N) is 2. The van der Waals surface area contributed by atoms with Gasteiger partial charge in [0.2, 0.25) is 0 Å². The van der Waals surface area contributed by atoms with E-state index >= 15 is 0 Å². The molecule has 1 aliphatic rings. The van der Waals surface area contributed by atoms with E-state index in [1.165, 1.54) is 0 Å². The first-order valence-electron chi connectivity index (χ1n) is 7.82. The van der Waals surface area contributed by atoms with Crippen LogP contribution in [-0.2, 0) is 14.9 Å². The Bertz CT molecular complexity index is 387. The molecule has 1 fully saturated rings. The molecule has 0 aromatic carbocycles. The van der Waals surface area contributed by atoms with Crippen LogP contribution in [0.5, 0.6) is 0 Å². The second-order valence-electron chi connectivity index (χ2n) is 6.34. The van der Waals surface area contributed by atoms with Crippen molar-refractivity contribution >= 4 is 10.2 Å². The summed E-state index contributed by atoms with van der Waals surface area (Å²) in [7, 11) is -1.74. The van der Waals surface area contributed by atoms with Crippen LogP contribution in [0.1, 0.15) is 33.6 Å². The Morgan fingerprint density at radius 1 is 1.33 bits per heavy atom.